The smallest absolute Gasteiger partial charge is 0.0608 e. The molecular weight excluding hydrogens is 2830 g/mol. The first-order valence-electron chi connectivity index (χ1n) is 48.5. The maximum Gasteiger partial charge on any atom is 0.0608 e. The molecule has 0 spiro atoms. The van der Waals surface area contributed by atoms with Crippen LogP contribution >= 0.6 is 0 Å². The zero-order valence-corrected chi connectivity index (χ0v) is 97.0. The number of imidazole rings is 6. The van der Waals surface area contributed by atoms with Crippen LogP contribution in [0.1, 0.15) is 155 Å². The number of aryl methyl sites for hydroxylation is 7. The molecule has 12 aromatic heterocycles. The molecule has 12 nitrogen and oxygen atoms in total. The quantitative estimate of drug-likeness (QED) is 0.121. The maximum atomic E-state index is 4.68. The molecule has 0 N–H and O–H groups in total. The Labute approximate surface area is 921 Å². The second-order valence-corrected chi connectivity index (χ2v) is 39.5. The third kappa shape index (κ3) is 19.6. The Bertz CT molecular complexity index is 9240. The van der Waals surface area contributed by atoms with Crippen LogP contribution in [0.25, 0.3) is 186 Å². The van der Waals surface area contributed by atoms with Crippen molar-refractivity contribution in [3.63, 3.8) is 0 Å². The van der Waals surface area contributed by atoms with Crippen molar-refractivity contribution in [3.8, 4) is 22.3 Å². The van der Waals surface area contributed by atoms with Gasteiger partial charge in [0.25, 0.3) is 0 Å². The van der Waals surface area contributed by atoms with Crippen LogP contribution in [0.2, 0.25) is 0 Å². The number of rotatable bonds is 6. The average Bonchev–Trinajstić information content (AvgIpc) is 1.43. The van der Waals surface area contributed by atoms with Crippen molar-refractivity contribution < 1.29 is 121 Å². The molecule has 12 heterocycles. The number of benzene rings is 14. The summed E-state index contributed by atoms with van der Waals surface area (Å²) in [6.07, 6.45) is 33.9. The second kappa shape index (κ2) is 43.9. The van der Waals surface area contributed by atoms with Gasteiger partial charge in [0.05, 0.1) is 33.9 Å². The predicted octanol–water partition coefficient (Wildman–Crippen LogP) is 31.8. The molecule has 26 aromatic rings. The van der Waals surface area contributed by atoms with Gasteiger partial charge >= 0.3 is 0 Å². The molecule has 0 atom stereocenters. The molecule has 732 valence electrons. The molecule has 14 aromatic carbocycles. The fraction of sp³-hybridized carbons (Fsp3) is 0.190. The molecule has 0 bridgehead atoms. The molecule has 27 rings (SSSR count). The third-order valence-electron chi connectivity index (χ3n) is 28.4. The van der Waals surface area contributed by atoms with E-state index < -0.39 is 0 Å². The van der Waals surface area contributed by atoms with Crippen LogP contribution in [0.4, 0.5) is 0 Å². The topological polar surface area (TPSA) is 104 Å². The van der Waals surface area contributed by atoms with Crippen LogP contribution in [0, 0.1) is 77.9 Å². The maximum absolute atomic E-state index is 4.68. The van der Waals surface area contributed by atoms with E-state index in [0.29, 0.717) is 0 Å². The van der Waals surface area contributed by atoms with Crippen molar-refractivity contribution in [2.75, 3.05) is 0 Å². The Kier molecular flexibility index (Phi) is 32.0. The van der Waals surface area contributed by atoms with E-state index in [-0.39, 0.29) is 131 Å². The molecule has 6 radical (unpaired) electrons. The minimum atomic E-state index is 0. The van der Waals surface area contributed by atoms with Crippen LogP contribution in [0.15, 0.2) is 317 Å². The van der Waals surface area contributed by atoms with Crippen molar-refractivity contribution in [1.82, 2.24) is 56.3 Å². The zero-order valence-electron chi connectivity index (χ0n) is 82.6. The van der Waals surface area contributed by atoms with Crippen molar-refractivity contribution >= 4 is 164 Å². The summed E-state index contributed by atoms with van der Waals surface area (Å²) < 4.78 is 13.1. The second-order valence-electron chi connectivity index (χ2n) is 39.5. The molecular formula is C126H108Ir6N12-6. The summed E-state index contributed by atoms with van der Waals surface area (Å²) >= 11 is 0. The first-order valence-corrected chi connectivity index (χ1v) is 48.5. The van der Waals surface area contributed by atoms with E-state index in [1.54, 1.807) is 0 Å². The monoisotopic (exact) mass is 2950 g/mol. The van der Waals surface area contributed by atoms with Gasteiger partial charge < -0.3 is 26.4 Å². The Morgan fingerprint density at radius 3 is 1.12 bits per heavy atom. The molecule has 0 unspecified atom stereocenters. The number of nitrogens with zero attached hydrogens (tertiary/aromatic N) is 12. The van der Waals surface area contributed by atoms with E-state index in [4.69, 9.17) is 0 Å². The predicted molar refractivity (Wildman–Crippen MR) is 575 cm³/mol. The van der Waals surface area contributed by atoms with Gasteiger partial charge in [-0.25, -0.2) is 0 Å². The molecule has 1 fully saturated rings. The molecule has 1 saturated carbocycles. The first-order chi connectivity index (χ1) is 67.2. The van der Waals surface area contributed by atoms with Gasteiger partial charge in [0.15, 0.2) is 0 Å². The fourth-order valence-electron chi connectivity index (χ4n) is 21.4. The van der Waals surface area contributed by atoms with Crippen molar-refractivity contribution in [2.45, 2.75) is 158 Å². The van der Waals surface area contributed by atoms with Crippen LogP contribution in [-0.2, 0) is 138 Å². The number of fused-ring (bicyclic) bond motifs is 36. The molecule has 0 aliphatic heterocycles. The van der Waals surface area contributed by atoms with Gasteiger partial charge in [0.2, 0.25) is 0 Å². The van der Waals surface area contributed by atoms with E-state index >= 15 is 0 Å². The molecule has 1 aliphatic carbocycles. The van der Waals surface area contributed by atoms with E-state index in [1.807, 2.05) is 117 Å². The van der Waals surface area contributed by atoms with Gasteiger partial charge in [0, 0.05) is 234 Å². The minimum Gasteiger partial charge on any atom is -0.340 e. The van der Waals surface area contributed by atoms with Crippen LogP contribution in [0.5, 0.6) is 0 Å². The largest absolute Gasteiger partial charge is 0.340 e. The van der Waals surface area contributed by atoms with E-state index in [2.05, 4.69) is 383 Å². The molecule has 0 amide bonds. The number of pyridine rings is 6. The summed E-state index contributed by atoms with van der Waals surface area (Å²) in [6, 6.07) is 107. The summed E-state index contributed by atoms with van der Waals surface area (Å²) in [5.74, 6) is 0.731. The number of hydrogen-bond acceptors (Lipinski definition) is 6. The van der Waals surface area contributed by atoms with Gasteiger partial charge in [-0.05, 0) is 213 Å². The van der Waals surface area contributed by atoms with Gasteiger partial charge in [-0.2, -0.15) is 0 Å². The standard InChI is InChI=1S/C29H29N2.C23H17N2.C21H19N2.C19H17N2.2C17H13N2.6Ir/c1-28(2,3)20-13-11-19(12-14-20)24-17-21(29(4,5)6)18-25-22-9-7-8-10-23(22)27-30-15-16-31(27)26(24)25;1-15-6-5-7-16(2)22(15)17-10-11-21-20(14-17)18-8-3-4-9-19(18)23-24-12-13-25(21)23;1-2-6-15(7-3-1)16-10-11-20-19(14-16)17-8-4-5-9-18(17)21-22-12-13-23(20)21;1-2-3-6-14-9-10-18-17(13-14)15-7-4-5-8-16(15)19-20-11-12-21(18)19;1-11-9-15-13-5-3-4-6-14(13)17-18-7-8-19(17)16(15)10-12(11)2;1-11-9-12(2)16-15(10-11)13-5-3-4-6-14(13)17-18-7-8-19(16)17;;;;;;/h7-9,11-18H,1-6H3;3-8,10-14H,1-2H3;4-5,8,10-15H,1-3,6-7H2;4-5,7,9-13H,2-3,6H2,1H3;2*3-5,7-10H,1-2H3;;;;;;/q6*-1;;;;;;. The molecule has 18 heteroatoms. The van der Waals surface area contributed by atoms with Crippen molar-refractivity contribution in [1.29, 1.82) is 0 Å². The number of unbranched alkanes of at least 4 members (excludes halogenated alkanes) is 1. The van der Waals surface area contributed by atoms with Gasteiger partial charge in [0.1, 0.15) is 0 Å². The number of aromatic nitrogens is 12. The summed E-state index contributed by atoms with van der Waals surface area (Å²) in [7, 11) is 0. The molecule has 1 aliphatic rings. The fourth-order valence-corrected chi connectivity index (χ4v) is 21.4. The molecule has 0 saturated heterocycles. The van der Waals surface area contributed by atoms with E-state index in [1.165, 1.54) is 221 Å². The summed E-state index contributed by atoms with van der Waals surface area (Å²) in [5.41, 5.74) is 31.8. The van der Waals surface area contributed by atoms with Gasteiger partial charge in [-0.15, -0.1) is 178 Å². The van der Waals surface area contributed by atoms with Crippen LogP contribution in [0.3, 0.4) is 0 Å². The van der Waals surface area contributed by atoms with Crippen LogP contribution in [-0.4, -0.2) is 56.3 Å². The van der Waals surface area contributed by atoms with E-state index in [0.717, 1.165) is 78.5 Å². The minimum absolute atomic E-state index is 0. The van der Waals surface area contributed by atoms with Crippen molar-refractivity contribution in [2.24, 2.45) is 0 Å². The normalized spacial score (nSPS) is 12.2. The summed E-state index contributed by atoms with van der Waals surface area (Å²) in [6.45, 7) is 28.8. The Morgan fingerprint density at radius 2 is 0.674 bits per heavy atom. The molecule has 144 heavy (non-hydrogen) atoms. The Balaban J connectivity index is 0.000000124. The summed E-state index contributed by atoms with van der Waals surface area (Å²) in [4.78, 5) is 27.2. The number of hydrogen-bond donors (Lipinski definition) is 0. The SMILES string of the molecule is CC(C)(C)c1ccc(-c2cc(C(C)(C)C)cc3c4ccc[c-]c4c4nccn4c23)cc1.CCCCc1ccc2c(c1)c1ccc[c-]c1c1nccn21.Cc1cc(C)c2c(c1)c1ccc[c-]c1c1nccn12.Cc1cc2c3ccc[c-]c3c3nccn3c2cc1C.Cc1cccc(C)c1-c1ccc2c(c1)c1ccc[c-]c1c1nccn21.[Ir].[Ir].[Ir].[Ir].[Ir].[Ir].[c-]1cccc2c1c1nccn1c1ccc(C3CCCCC3)cc21. The van der Waals surface area contributed by atoms with Crippen molar-refractivity contribution in [3.05, 3.63) is 409 Å². The average molecular weight is 2940 g/mol. The van der Waals surface area contributed by atoms with Crippen LogP contribution < -0.4 is 0 Å². The zero-order chi connectivity index (χ0) is 94.4. The third-order valence-corrected chi connectivity index (χ3v) is 28.4. The Morgan fingerprint density at radius 1 is 0.299 bits per heavy atom. The first kappa shape index (κ1) is 105. The van der Waals surface area contributed by atoms with E-state index in [9.17, 15) is 0 Å². The summed E-state index contributed by atoms with van der Waals surface area (Å²) in [5, 5.41) is 21.5. The van der Waals surface area contributed by atoms with Gasteiger partial charge in [-0.3, -0.25) is 29.9 Å². The van der Waals surface area contributed by atoms with Gasteiger partial charge in [-0.1, -0.05) is 215 Å². The Hall–Kier alpha value is -11.8.